The van der Waals surface area contributed by atoms with Crippen LogP contribution in [0.3, 0.4) is 0 Å². The molecule has 3 heterocycles. The lowest BCUT2D eigenvalue weighted by Crippen LogP contribution is -2.10. The van der Waals surface area contributed by atoms with Crippen LogP contribution in [-0.4, -0.2) is 39.2 Å². The van der Waals surface area contributed by atoms with Crippen molar-refractivity contribution in [2.24, 2.45) is 0 Å². The fourth-order valence-electron chi connectivity index (χ4n) is 2.92. The van der Waals surface area contributed by atoms with E-state index in [1.165, 1.54) is 0 Å². The SMILES string of the molecule is COc1ccc2c(c1)C(=O)Cc1cccc(n1)-c1nncn1C/C=C\CO2. The zero-order valence-corrected chi connectivity index (χ0v) is 14.8. The van der Waals surface area contributed by atoms with Crippen LogP contribution in [0.2, 0.25) is 0 Å². The van der Waals surface area contributed by atoms with E-state index in [1.54, 1.807) is 31.6 Å². The van der Waals surface area contributed by atoms with Gasteiger partial charge in [0.05, 0.1) is 19.1 Å². The molecule has 7 nitrogen and oxygen atoms in total. The van der Waals surface area contributed by atoms with Crippen LogP contribution in [0.4, 0.5) is 0 Å². The van der Waals surface area contributed by atoms with Crippen molar-refractivity contribution in [3.05, 3.63) is 66.1 Å². The molecule has 0 radical (unpaired) electrons. The van der Waals surface area contributed by atoms with Crippen LogP contribution in [0.25, 0.3) is 11.5 Å². The lowest BCUT2D eigenvalue weighted by Gasteiger charge is -2.12. The van der Waals surface area contributed by atoms with Gasteiger partial charge < -0.3 is 14.0 Å². The van der Waals surface area contributed by atoms with E-state index in [0.29, 0.717) is 47.4 Å². The second-order valence-corrected chi connectivity index (χ2v) is 6.07. The Morgan fingerprint density at radius 2 is 2.11 bits per heavy atom. The molecule has 0 fully saturated rings. The molecule has 0 aliphatic carbocycles. The van der Waals surface area contributed by atoms with Gasteiger partial charge in [-0.05, 0) is 36.4 Å². The van der Waals surface area contributed by atoms with Gasteiger partial charge in [0.15, 0.2) is 11.6 Å². The second kappa shape index (κ2) is 7.41. The third-order valence-electron chi connectivity index (χ3n) is 4.28. The van der Waals surface area contributed by atoms with Gasteiger partial charge in [-0.25, -0.2) is 4.98 Å². The molecule has 0 saturated heterocycles. The number of rotatable bonds is 1. The van der Waals surface area contributed by atoms with Crippen LogP contribution in [0.5, 0.6) is 11.5 Å². The Morgan fingerprint density at radius 3 is 3.00 bits per heavy atom. The normalized spacial score (nSPS) is 15.1. The highest BCUT2D eigenvalue weighted by Crippen LogP contribution is 2.26. The molecule has 27 heavy (non-hydrogen) atoms. The molecule has 136 valence electrons. The molecule has 0 spiro atoms. The van der Waals surface area contributed by atoms with E-state index in [2.05, 4.69) is 15.2 Å². The summed E-state index contributed by atoms with van der Waals surface area (Å²) in [4.78, 5) is 17.5. The molecule has 0 atom stereocenters. The minimum Gasteiger partial charge on any atom is -0.497 e. The van der Waals surface area contributed by atoms with Crippen LogP contribution in [-0.2, 0) is 13.0 Å². The van der Waals surface area contributed by atoms with Crippen LogP contribution < -0.4 is 9.47 Å². The smallest absolute Gasteiger partial charge is 0.182 e. The van der Waals surface area contributed by atoms with E-state index >= 15 is 0 Å². The molecule has 4 rings (SSSR count). The Bertz CT molecular complexity index is 1010. The van der Waals surface area contributed by atoms with E-state index in [9.17, 15) is 4.79 Å². The summed E-state index contributed by atoms with van der Waals surface area (Å²) in [6, 6.07) is 10.8. The number of carbonyl (C=O) groups excluding carboxylic acids is 1. The van der Waals surface area contributed by atoms with E-state index in [1.807, 2.05) is 34.9 Å². The number of nitrogens with zero attached hydrogens (tertiary/aromatic N) is 4. The number of methoxy groups -OCH3 is 1. The van der Waals surface area contributed by atoms with E-state index in [-0.39, 0.29) is 12.2 Å². The standard InChI is InChI=1S/C20H18N4O3/c1-26-15-7-8-19-16(12-15)18(25)11-14-5-4-6-17(22-14)20-23-21-13-24(20)9-2-3-10-27-19/h2-8,12-13H,9-11H2,1H3/b3-2-. The predicted molar refractivity (Wildman–Crippen MR) is 98.9 cm³/mol. The molecular formula is C20H18N4O3. The van der Waals surface area contributed by atoms with Crippen molar-refractivity contribution in [1.82, 2.24) is 19.7 Å². The van der Waals surface area contributed by atoms with E-state index in [4.69, 9.17) is 9.47 Å². The van der Waals surface area contributed by atoms with Crippen molar-refractivity contribution in [1.29, 1.82) is 0 Å². The minimum absolute atomic E-state index is 0.0870. The first kappa shape index (κ1) is 17.0. The van der Waals surface area contributed by atoms with Crippen LogP contribution in [0.15, 0.2) is 54.9 Å². The van der Waals surface area contributed by atoms with Gasteiger partial charge in [0.25, 0.3) is 0 Å². The van der Waals surface area contributed by atoms with Crippen molar-refractivity contribution < 1.29 is 14.3 Å². The summed E-state index contributed by atoms with van der Waals surface area (Å²) in [7, 11) is 1.57. The van der Waals surface area contributed by atoms with Gasteiger partial charge >= 0.3 is 0 Å². The molecule has 0 saturated carbocycles. The maximum atomic E-state index is 12.9. The molecular weight excluding hydrogens is 344 g/mol. The summed E-state index contributed by atoms with van der Waals surface area (Å²) in [6.07, 6.45) is 5.68. The van der Waals surface area contributed by atoms with Crippen LogP contribution in [0, 0.1) is 0 Å². The quantitative estimate of drug-likeness (QED) is 0.619. The first-order chi connectivity index (χ1) is 13.2. The van der Waals surface area contributed by atoms with Gasteiger partial charge in [-0.15, -0.1) is 10.2 Å². The molecule has 1 aromatic carbocycles. The number of aromatic nitrogens is 4. The number of benzene rings is 1. The van der Waals surface area contributed by atoms with Gasteiger partial charge in [-0.1, -0.05) is 12.1 Å². The fourth-order valence-corrected chi connectivity index (χ4v) is 2.92. The Morgan fingerprint density at radius 1 is 1.19 bits per heavy atom. The van der Waals surface area contributed by atoms with Gasteiger partial charge in [-0.3, -0.25) is 4.79 Å². The molecule has 0 unspecified atom stereocenters. The Balaban J connectivity index is 1.77. The lowest BCUT2D eigenvalue weighted by atomic mass is 10.0. The zero-order chi connectivity index (χ0) is 18.6. The summed E-state index contributed by atoms with van der Waals surface area (Å²) in [5, 5.41) is 8.14. The summed E-state index contributed by atoms with van der Waals surface area (Å²) >= 11 is 0. The highest BCUT2D eigenvalue weighted by molar-refractivity contribution is 6.00. The van der Waals surface area contributed by atoms with Crippen molar-refractivity contribution in [3.8, 4) is 23.0 Å². The molecule has 0 amide bonds. The number of fused-ring (bicyclic) bond motifs is 5. The van der Waals surface area contributed by atoms with Crippen LogP contribution in [0.1, 0.15) is 16.1 Å². The summed E-state index contributed by atoms with van der Waals surface area (Å²) < 4.78 is 13.0. The number of hydrogen-bond donors (Lipinski definition) is 0. The number of carbonyl (C=O) groups is 1. The van der Waals surface area contributed by atoms with Gasteiger partial charge in [0.1, 0.15) is 30.1 Å². The first-order valence-corrected chi connectivity index (χ1v) is 8.58. The molecule has 0 N–H and O–H groups in total. The molecule has 2 bridgehead atoms. The number of Topliss-reactive ketones (excluding diaryl/α,β-unsaturated/α-hetero) is 1. The molecule has 3 aromatic rings. The molecule has 7 heteroatoms. The largest absolute Gasteiger partial charge is 0.497 e. The maximum Gasteiger partial charge on any atom is 0.182 e. The first-order valence-electron chi connectivity index (χ1n) is 8.58. The van der Waals surface area contributed by atoms with Gasteiger partial charge in [-0.2, -0.15) is 0 Å². The van der Waals surface area contributed by atoms with Crippen molar-refractivity contribution in [2.75, 3.05) is 13.7 Å². The average Bonchev–Trinajstić information content (AvgIpc) is 3.16. The number of ether oxygens (including phenoxy) is 2. The van der Waals surface area contributed by atoms with Crippen molar-refractivity contribution >= 4 is 5.78 Å². The molecule has 1 aliphatic heterocycles. The van der Waals surface area contributed by atoms with Gasteiger partial charge in [0, 0.05) is 12.2 Å². The maximum absolute atomic E-state index is 12.9. The molecule has 2 aromatic heterocycles. The summed E-state index contributed by atoms with van der Waals surface area (Å²) in [5.74, 6) is 1.71. The Labute approximate surface area is 156 Å². The predicted octanol–water partition coefficient (Wildman–Crippen LogP) is 2.72. The third-order valence-corrected chi connectivity index (χ3v) is 4.28. The topological polar surface area (TPSA) is 79.1 Å². The van der Waals surface area contributed by atoms with Crippen molar-refractivity contribution in [3.63, 3.8) is 0 Å². The Hall–Kier alpha value is -3.48. The average molecular weight is 362 g/mol. The Kier molecular flexibility index (Phi) is 4.65. The van der Waals surface area contributed by atoms with Crippen LogP contribution >= 0.6 is 0 Å². The lowest BCUT2D eigenvalue weighted by molar-refractivity contribution is 0.0988. The van der Waals surface area contributed by atoms with Crippen molar-refractivity contribution in [2.45, 2.75) is 13.0 Å². The number of hydrogen-bond acceptors (Lipinski definition) is 6. The summed E-state index contributed by atoms with van der Waals surface area (Å²) in [5.41, 5.74) is 1.83. The number of allylic oxidation sites excluding steroid dienone is 1. The zero-order valence-electron chi connectivity index (χ0n) is 14.8. The number of ketones is 1. The minimum atomic E-state index is -0.0870. The van der Waals surface area contributed by atoms with E-state index < -0.39 is 0 Å². The molecule has 1 aliphatic rings. The van der Waals surface area contributed by atoms with Gasteiger partial charge in [0.2, 0.25) is 0 Å². The number of pyridine rings is 1. The third kappa shape index (κ3) is 3.57. The monoisotopic (exact) mass is 362 g/mol. The highest BCUT2D eigenvalue weighted by atomic mass is 16.5. The summed E-state index contributed by atoms with van der Waals surface area (Å²) in [6.45, 7) is 0.958. The highest BCUT2D eigenvalue weighted by Gasteiger charge is 2.17. The van der Waals surface area contributed by atoms with E-state index in [0.717, 1.165) is 0 Å². The fraction of sp³-hybridized carbons (Fsp3) is 0.200. The second-order valence-electron chi connectivity index (χ2n) is 6.07.